The Morgan fingerprint density at radius 1 is 0.465 bits per heavy atom. The number of halogens is 9. The molecule has 39 heteroatoms. The summed E-state index contributed by atoms with van der Waals surface area (Å²) < 4.78 is 22.9. The van der Waals surface area contributed by atoms with Crippen LogP contribution in [0.4, 0.5) is 0 Å². The number of fused-ring (bicyclic) bond motifs is 4. The number of ether oxygens (including phenoxy) is 2. The van der Waals surface area contributed by atoms with E-state index < -0.39 is 39.9 Å². The topological polar surface area (TPSA) is 378 Å². The molecule has 0 aliphatic carbocycles. The number of carboxylic acid groups (broad SMARTS) is 1. The Morgan fingerprint density at radius 2 is 0.874 bits per heavy atom. The molecule has 6 aromatic carbocycles. The summed E-state index contributed by atoms with van der Waals surface area (Å²) in [6, 6.07) is 43.2. The number of aliphatic hydroxyl groups is 2. The van der Waals surface area contributed by atoms with Gasteiger partial charge in [-0.1, -0.05) is 157 Å². The molecule has 0 aliphatic rings. The van der Waals surface area contributed by atoms with Crippen molar-refractivity contribution in [2.45, 2.75) is 97.5 Å². The van der Waals surface area contributed by atoms with Gasteiger partial charge in [-0.3, -0.25) is 70.1 Å². The Hall–Kier alpha value is -10.4. The number of hydrogen-bond acceptors (Lipinski definition) is 20. The summed E-state index contributed by atoms with van der Waals surface area (Å²) in [6.45, 7) is 5.10. The zero-order chi connectivity index (χ0) is 92.2. The molecule has 0 amide bonds. The average Bonchev–Trinajstić information content (AvgIpc) is 0.745. The molecule has 662 valence electrons. The number of benzene rings is 6. The second-order valence-electron chi connectivity index (χ2n) is 27.5. The normalized spacial score (nSPS) is 10.8. The van der Waals surface area contributed by atoms with Crippen LogP contribution in [-0.2, 0) is 101 Å². The van der Waals surface area contributed by atoms with Crippen LogP contribution < -0.4 is 49.7 Å². The third kappa shape index (κ3) is 27.3. The molecule has 14 rings (SSSR count). The third-order valence-corrected chi connectivity index (χ3v) is 22.2. The molecule has 1 unspecified atom stereocenters. The van der Waals surface area contributed by atoms with E-state index in [9.17, 15) is 58.2 Å². The van der Waals surface area contributed by atoms with Crippen molar-refractivity contribution < 1.29 is 63.8 Å². The molecule has 1 atom stereocenters. The van der Waals surface area contributed by atoms with Gasteiger partial charge in [0.15, 0.2) is 0 Å². The van der Waals surface area contributed by atoms with Crippen LogP contribution in [0, 0.1) is 0 Å². The zero-order valence-corrected chi connectivity index (χ0v) is 81.3. The molecular weight excluding hydrogens is 2010 g/mol. The molecule has 0 saturated carbocycles. The summed E-state index contributed by atoms with van der Waals surface area (Å²) in [4.78, 5) is 148. The van der Waals surface area contributed by atoms with Crippen LogP contribution in [-0.4, -0.2) is 109 Å². The number of aromatic nitrogens is 12. The summed E-state index contributed by atoms with van der Waals surface area (Å²) in [5.74, 6) is 1.08. The van der Waals surface area contributed by atoms with E-state index in [0.717, 1.165) is 55.8 Å². The molecule has 0 spiro atoms. The minimum atomic E-state index is -1.08. The maximum atomic E-state index is 13.5. The van der Waals surface area contributed by atoms with Gasteiger partial charge in [0.2, 0.25) is 0 Å². The van der Waals surface area contributed by atoms with Gasteiger partial charge in [-0.25, -0.2) is 39.1 Å². The second kappa shape index (κ2) is 50.4. The van der Waals surface area contributed by atoms with Crippen LogP contribution in [0.25, 0.3) is 44.1 Å². The quantitative estimate of drug-likeness (QED) is 0.0262. The number of phenols is 1. The van der Waals surface area contributed by atoms with Crippen molar-refractivity contribution in [2.24, 2.45) is 28.2 Å². The summed E-state index contributed by atoms with van der Waals surface area (Å²) >= 11 is 45.2. The number of unbranched alkanes of at least 4 members (excludes halogenated alkanes) is 2. The predicted octanol–water partition coefficient (Wildman–Crippen LogP) is 15.8. The number of aromatic hydroxyl groups is 1. The number of aliphatic hydroxyl groups excluding tert-OH is 2. The first kappa shape index (κ1) is 104. The monoisotopic (exact) mass is 2090 g/mol. The molecule has 8 heterocycles. The molecular formula is C88H83Br3Cl6N12O17Zn. The van der Waals surface area contributed by atoms with Gasteiger partial charge in [-0.05, 0) is 193 Å². The van der Waals surface area contributed by atoms with Crippen molar-refractivity contribution in [1.29, 1.82) is 0 Å². The summed E-state index contributed by atoms with van der Waals surface area (Å²) in [5, 5.41) is 40.7. The molecule has 14 aromatic rings. The van der Waals surface area contributed by atoms with Crippen LogP contribution >= 0.6 is 117 Å². The van der Waals surface area contributed by atoms with Crippen molar-refractivity contribution in [2.75, 3.05) is 13.2 Å². The minimum Gasteiger partial charge on any atom is -0.508 e. The number of pyridine rings is 4. The number of phenolic OH excluding ortho intramolecular Hbond substituents is 1. The molecule has 8 aromatic heterocycles. The van der Waals surface area contributed by atoms with E-state index in [1.165, 1.54) is 45.9 Å². The van der Waals surface area contributed by atoms with Crippen molar-refractivity contribution in [3.8, 4) is 17.2 Å². The van der Waals surface area contributed by atoms with Crippen molar-refractivity contribution in [3.63, 3.8) is 0 Å². The SMILES string of the molecule is CCCCn1c(=O)c2c(C(O)c3ccc(Cl)cc3)c(Br)cnc2n(C)c1=O.CCCCn1c(=O)c2cc(Br)cnc2n(C)c1=O.Cn1c(=O)n(CCCO)c(=O)c2c(Cc3ccc(Cl)cc3)c(Oc3cccc(Cl)c3)cnc21.Cn1c(=O)n(CCCOC=O)c(=O)c2c(Cc3ccc(Cl)cc3)c(Br)cnc21.O=CO.O=Cc1ccc(Cl)cc1.Oc1cccc(Cl)c1.[Zn]. The number of hydrogen-bond donors (Lipinski definition) is 4. The maximum Gasteiger partial charge on any atom is 0.332 e. The number of aryl methyl sites for hydroxylation is 4. The Labute approximate surface area is 792 Å². The van der Waals surface area contributed by atoms with Crippen LogP contribution in [0.5, 0.6) is 17.2 Å². The molecule has 0 saturated heterocycles. The fraction of sp³-hybridized carbons (Fsp3) is 0.239. The van der Waals surface area contributed by atoms with Crippen LogP contribution in [0.2, 0.25) is 30.1 Å². The summed E-state index contributed by atoms with van der Waals surface area (Å²) in [7, 11) is 6.35. The molecule has 29 nitrogen and oxygen atoms in total. The van der Waals surface area contributed by atoms with E-state index in [2.05, 4.69) is 72.5 Å². The summed E-state index contributed by atoms with van der Waals surface area (Å²) in [6.07, 6.45) is 10.6. The van der Waals surface area contributed by atoms with Crippen molar-refractivity contribution >= 4 is 181 Å². The predicted molar refractivity (Wildman–Crippen MR) is 500 cm³/mol. The van der Waals surface area contributed by atoms with Gasteiger partial charge in [-0.2, -0.15) is 0 Å². The smallest absolute Gasteiger partial charge is 0.332 e. The van der Waals surface area contributed by atoms with Crippen LogP contribution in [0.15, 0.2) is 228 Å². The number of carbonyl (C=O) groups is 3. The molecule has 0 fully saturated rings. The first-order valence-corrected chi connectivity index (χ1v) is 43.1. The zero-order valence-electron chi connectivity index (χ0n) is 69.0. The second-order valence-corrected chi connectivity index (χ2v) is 32.7. The number of nitrogens with zero attached hydrogens (tertiary/aromatic N) is 12. The summed E-state index contributed by atoms with van der Waals surface area (Å²) in [5.41, 5.74) is 2.77. The fourth-order valence-corrected chi connectivity index (χ4v) is 14.8. The Bertz CT molecular complexity index is 6730. The van der Waals surface area contributed by atoms with Gasteiger partial charge in [0.25, 0.3) is 35.2 Å². The number of carbonyl (C=O) groups excluding carboxylic acids is 2. The largest absolute Gasteiger partial charge is 0.508 e. The van der Waals surface area contributed by atoms with Gasteiger partial charge >= 0.3 is 22.8 Å². The van der Waals surface area contributed by atoms with Gasteiger partial charge in [0.05, 0.1) is 34.3 Å². The van der Waals surface area contributed by atoms with E-state index in [1.807, 2.05) is 38.1 Å². The van der Waals surface area contributed by atoms with Crippen molar-refractivity contribution in [3.05, 3.63) is 342 Å². The van der Waals surface area contributed by atoms with Gasteiger partial charge in [-0.15, -0.1) is 0 Å². The first-order chi connectivity index (χ1) is 60.3. The number of aldehydes is 1. The van der Waals surface area contributed by atoms with E-state index in [-0.39, 0.29) is 97.7 Å². The third-order valence-electron chi connectivity index (χ3n) is 18.9. The molecule has 0 aliphatic heterocycles. The van der Waals surface area contributed by atoms with E-state index >= 15 is 0 Å². The van der Waals surface area contributed by atoms with Gasteiger partial charge < -0.3 is 29.9 Å². The van der Waals surface area contributed by atoms with Gasteiger partial charge in [0, 0.05) is 166 Å². The Kier molecular flexibility index (Phi) is 41.1. The van der Waals surface area contributed by atoms with E-state index in [1.54, 1.807) is 162 Å². The molecule has 4 N–H and O–H groups in total. The first-order valence-electron chi connectivity index (χ1n) is 38.4. The maximum absolute atomic E-state index is 13.5. The average molecular weight is 2100 g/mol. The standard InChI is InChI=1S/C24H21Cl2N3O4.C19H17BrClN3O4.C19H19BrClN3O3.C12H14BrN3O2.C7H5ClO.C6H5ClO.CH2O2.Zn/c1-28-22-21(23(31)29(24(28)32)10-3-11-30)19(12-15-6-8-16(25)9-7-15)20(14-27-22)33-18-5-2-4-17(26)13-18;1-23-17-16(18(26)24(19(23)27)7-2-8-28-11-25)14(15(20)10-22-17)9-12-3-5-13(21)6-4-12;1-3-4-9-24-18(26)15-14(16(25)11-5-7-12(21)8-6-11)13(20)10-22-17(15)23(2)19(24)27;1-3-4-5-16-11(17)9-6-8(13)7-14-10(9)15(2)12(16)18;8-7-3-1-6(5-9)2-4-7;7-5-2-1-3-6(8)4-5;2-1-3;/h2,4-9,13-14,30H,3,10-12H2,1H3;3-6,10-11H,2,7-9H2,1H3;5-8,10,16,25H,3-4,9H2,1-2H3;6-7H,3-5H2,1-2H3;1-5H;1-4,8H;1H,(H,2,3);. The number of rotatable bonds is 23. The fourth-order valence-electron chi connectivity index (χ4n) is 12.6. The Balaban J connectivity index is 0.000000218. The minimum absolute atomic E-state index is 0. The van der Waals surface area contributed by atoms with E-state index in [4.69, 9.17) is 89.4 Å². The molecule has 0 bridgehead atoms. The Morgan fingerprint density at radius 3 is 1.34 bits per heavy atom. The molecule has 0 radical (unpaired) electrons. The van der Waals surface area contributed by atoms with Crippen molar-refractivity contribution in [1.82, 2.24) is 56.5 Å². The molecule has 127 heavy (non-hydrogen) atoms. The van der Waals surface area contributed by atoms with Crippen LogP contribution in [0.1, 0.15) is 102 Å². The van der Waals surface area contributed by atoms with Gasteiger partial charge in [0.1, 0.15) is 52.2 Å². The van der Waals surface area contributed by atoms with E-state index in [0.29, 0.717) is 140 Å². The van der Waals surface area contributed by atoms with Crippen LogP contribution in [0.3, 0.4) is 0 Å².